The van der Waals surface area contributed by atoms with Crippen LogP contribution in [0.3, 0.4) is 0 Å². The number of carbonyl (C=O) groups is 1. The minimum atomic E-state index is -3.91. The van der Waals surface area contributed by atoms with Crippen LogP contribution in [0.5, 0.6) is 0 Å². The second kappa shape index (κ2) is 11.0. The fourth-order valence-electron chi connectivity index (χ4n) is 5.23. The van der Waals surface area contributed by atoms with Crippen LogP contribution in [0.4, 0.5) is 14.5 Å². The number of anilines is 1. The van der Waals surface area contributed by atoms with E-state index in [0.717, 1.165) is 63.0 Å². The molecule has 196 valence electrons. The standard InChI is InChI=1S/C26H32ClF2N3O3S/c1-30(2)26(33)24-4-3-22(17-25(24)27)31-9-5-18(6-10-31)13-19-7-11-32(12-8-19)36(34,35)23-15-20(28)14-21(29)16-23/h3-4,14-19H,5-13H2,1-2H3. The first-order chi connectivity index (χ1) is 17.0. The Morgan fingerprint density at radius 2 is 1.50 bits per heavy atom. The van der Waals surface area contributed by atoms with Crippen LogP contribution in [0.15, 0.2) is 41.3 Å². The molecule has 0 spiro atoms. The minimum absolute atomic E-state index is 0.118. The van der Waals surface area contributed by atoms with E-state index in [0.29, 0.717) is 41.6 Å². The lowest BCUT2D eigenvalue weighted by atomic mass is 9.83. The molecule has 36 heavy (non-hydrogen) atoms. The summed E-state index contributed by atoms with van der Waals surface area (Å²) in [5.41, 5.74) is 1.51. The van der Waals surface area contributed by atoms with Gasteiger partial charge in [0.05, 0.1) is 15.5 Å². The first-order valence-corrected chi connectivity index (χ1v) is 14.1. The van der Waals surface area contributed by atoms with Crippen LogP contribution < -0.4 is 4.90 Å². The fourth-order valence-corrected chi connectivity index (χ4v) is 6.99. The monoisotopic (exact) mass is 539 g/mol. The number of piperidine rings is 2. The quantitative estimate of drug-likeness (QED) is 0.517. The van der Waals surface area contributed by atoms with E-state index >= 15 is 0 Å². The third-order valence-corrected chi connectivity index (χ3v) is 9.47. The lowest BCUT2D eigenvalue weighted by molar-refractivity contribution is 0.0828. The third kappa shape index (κ3) is 6.01. The molecule has 10 heteroatoms. The Kier molecular flexibility index (Phi) is 8.22. The van der Waals surface area contributed by atoms with Gasteiger partial charge in [0, 0.05) is 52.0 Å². The van der Waals surface area contributed by atoms with Crippen LogP contribution in [0.25, 0.3) is 0 Å². The van der Waals surface area contributed by atoms with E-state index in [1.165, 1.54) is 9.21 Å². The average molecular weight is 540 g/mol. The molecular weight excluding hydrogens is 508 g/mol. The van der Waals surface area contributed by atoms with Crippen LogP contribution in [0.1, 0.15) is 42.5 Å². The Morgan fingerprint density at radius 3 is 2.03 bits per heavy atom. The van der Waals surface area contributed by atoms with Gasteiger partial charge in [0.25, 0.3) is 5.91 Å². The molecule has 2 aliphatic rings. The minimum Gasteiger partial charge on any atom is -0.371 e. The maximum absolute atomic E-state index is 13.5. The first-order valence-electron chi connectivity index (χ1n) is 12.3. The van der Waals surface area contributed by atoms with Crippen molar-refractivity contribution in [3.05, 3.63) is 58.6 Å². The van der Waals surface area contributed by atoms with Gasteiger partial charge in [-0.2, -0.15) is 4.31 Å². The summed E-state index contributed by atoms with van der Waals surface area (Å²) in [6, 6.07) is 8.01. The van der Waals surface area contributed by atoms with Gasteiger partial charge in [-0.15, -0.1) is 0 Å². The van der Waals surface area contributed by atoms with E-state index in [9.17, 15) is 22.0 Å². The highest BCUT2D eigenvalue weighted by Crippen LogP contribution is 2.34. The lowest BCUT2D eigenvalue weighted by Gasteiger charge is -2.37. The molecular formula is C26H32ClF2N3O3S. The van der Waals surface area contributed by atoms with Gasteiger partial charge in [-0.05, 0) is 74.3 Å². The van der Waals surface area contributed by atoms with Crippen molar-refractivity contribution in [2.75, 3.05) is 45.2 Å². The number of hydrogen-bond donors (Lipinski definition) is 0. The molecule has 0 aliphatic carbocycles. The predicted octanol–water partition coefficient (Wildman–Crippen LogP) is 5.03. The van der Waals surface area contributed by atoms with Gasteiger partial charge in [-0.1, -0.05) is 11.6 Å². The Labute approximate surface area is 216 Å². The molecule has 0 saturated carbocycles. The second-order valence-electron chi connectivity index (χ2n) is 9.98. The Morgan fingerprint density at radius 1 is 0.944 bits per heavy atom. The highest BCUT2D eigenvalue weighted by atomic mass is 35.5. The van der Waals surface area contributed by atoms with E-state index in [1.54, 1.807) is 20.2 Å². The molecule has 0 atom stereocenters. The first kappa shape index (κ1) is 26.8. The van der Waals surface area contributed by atoms with Crippen molar-refractivity contribution in [3.8, 4) is 0 Å². The summed E-state index contributed by atoms with van der Waals surface area (Å²) in [7, 11) is -0.506. The van der Waals surface area contributed by atoms with Crippen LogP contribution in [0.2, 0.25) is 5.02 Å². The van der Waals surface area contributed by atoms with Gasteiger partial charge in [-0.25, -0.2) is 17.2 Å². The SMILES string of the molecule is CN(C)C(=O)c1ccc(N2CCC(CC3CCN(S(=O)(=O)c4cc(F)cc(F)c4)CC3)CC2)cc1Cl. The zero-order valence-electron chi connectivity index (χ0n) is 20.6. The van der Waals surface area contributed by atoms with Gasteiger partial charge >= 0.3 is 0 Å². The Balaban J connectivity index is 1.27. The van der Waals surface area contributed by atoms with Crippen LogP contribution in [-0.2, 0) is 10.0 Å². The van der Waals surface area contributed by atoms with Gasteiger partial charge in [-0.3, -0.25) is 4.79 Å². The molecule has 2 aliphatic heterocycles. The summed E-state index contributed by atoms with van der Waals surface area (Å²) >= 11 is 6.39. The summed E-state index contributed by atoms with van der Waals surface area (Å²) in [6.07, 6.45) is 4.62. The van der Waals surface area contributed by atoms with Crippen molar-refractivity contribution in [1.82, 2.24) is 9.21 Å². The normalized spacial score (nSPS) is 18.4. The molecule has 0 bridgehead atoms. The molecule has 0 N–H and O–H groups in total. The molecule has 2 fully saturated rings. The summed E-state index contributed by atoms with van der Waals surface area (Å²) in [6.45, 7) is 2.53. The highest BCUT2D eigenvalue weighted by Gasteiger charge is 2.32. The van der Waals surface area contributed by atoms with Crippen LogP contribution >= 0.6 is 11.6 Å². The van der Waals surface area contributed by atoms with E-state index in [2.05, 4.69) is 4.90 Å². The largest absolute Gasteiger partial charge is 0.371 e. The van der Waals surface area contributed by atoms with Crippen molar-refractivity contribution in [3.63, 3.8) is 0 Å². The number of sulfonamides is 1. The van der Waals surface area contributed by atoms with Gasteiger partial charge in [0.15, 0.2) is 0 Å². The molecule has 2 aromatic rings. The number of rotatable bonds is 6. The molecule has 6 nitrogen and oxygen atoms in total. The molecule has 2 heterocycles. The lowest BCUT2D eigenvalue weighted by Crippen LogP contribution is -2.40. The average Bonchev–Trinajstić information content (AvgIpc) is 2.84. The maximum atomic E-state index is 13.5. The molecule has 1 amide bonds. The highest BCUT2D eigenvalue weighted by molar-refractivity contribution is 7.89. The van der Waals surface area contributed by atoms with E-state index in [1.807, 2.05) is 12.1 Å². The molecule has 4 rings (SSSR count). The van der Waals surface area contributed by atoms with Crippen molar-refractivity contribution in [1.29, 1.82) is 0 Å². The number of halogens is 3. The third-order valence-electron chi connectivity index (χ3n) is 7.28. The molecule has 0 aromatic heterocycles. The number of nitrogens with zero attached hydrogens (tertiary/aromatic N) is 3. The Bertz CT molecular complexity index is 1190. The maximum Gasteiger partial charge on any atom is 0.254 e. The van der Waals surface area contributed by atoms with Gasteiger partial charge in [0.2, 0.25) is 10.0 Å². The topological polar surface area (TPSA) is 60.9 Å². The Hall–Kier alpha value is -2.23. The summed E-state index contributed by atoms with van der Waals surface area (Å²) in [5.74, 6) is -0.905. The van der Waals surface area contributed by atoms with Crippen molar-refractivity contribution >= 4 is 33.2 Å². The zero-order valence-corrected chi connectivity index (χ0v) is 22.2. The van der Waals surface area contributed by atoms with Crippen LogP contribution in [-0.4, -0.2) is 63.8 Å². The van der Waals surface area contributed by atoms with Crippen molar-refractivity contribution in [2.24, 2.45) is 11.8 Å². The molecule has 0 unspecified atom stereocenters. The number of benzene rings is 2. The van der Waals surface area contributed by atoms with Crippen LogP contribution in [0, 0.1) is 23.5 Å². The number of carbonyl (C=O) groups excluding carboxylic acids is 1. The molecule has 2 aromatic carbocycles. The number of amides is 1. The van der Waals surface area contributed by atoms with Gasteiger partial charge < -0.3 is 9.80 Å². The molecule has 2 saturated heterocycles. The summed E-state index contributed by atoms with van der Waals surface area (Å²) in [4.78, 5) is 15.7. The van der Waals surface area contributed by atoms with Crippen molar-refractivity contribution in [2.45, 2.75) is 37.0 Å². The number of hydrogen-bond acceptors (Lipinski definition) is 4. The van der Waals surface area contributed by atoms with E-state index in [4.69, 9.17) is 11.6 Å². The fraction of sp³-hybridized carbons (Fsp3) is 0.500. The smallest absolute Gasteiger partial charge is 0.254 e. The van der Waals surface area contributed by atoms with Gasteiger partial charge in [0.1, 0.15) is 11.6 Å². The molecule has 0 radical (unpaired) electrons. The zero-order chi connectivity index (χ0) is 26.0. The van der Waals surface area contributed by atoms with E-state index < -0.39 is 21.7 Å². The van der Waals surface area contributed by atoms with E-state index in [-0.39, 0.29) is 10.8 Å². The second-order valence-corrected chi connectivity index (χ2v) is 12.3. The summed E-state index contributed by atoms with van der Waals surface area (Å²) in [5, 5.41) is 0.455. The predicted molar refractivity (Wildman–Crippen MR) is 137 cm³/mol. The van der Waals surface area contributed by atoms with Crippen molar-refractivity contribution < 1.29 is 22.0 Å². The summed E-state index contributed by atoms with van der Waals surface area (Å²) < 4.78 is 54.1.